The standard InChI is InChI=1S/C22H25FN2O5S/c1-15-3-4-17(13-16(15)2)24-21(26)19-14-18(5-6-20(19)23)31(27,28)25-9-7-22(8-10-25)29-11-12-30-22/h3-6,13-14H,7-12H2,1-2H3,(H,24,26). The van der Waals surface area contributed by atoms with E-state index < -0.39 is 27.5 Å². The summed E-state index contributed by atoms with van der Waals surface area (Å²) in [6.45, 7) is 5.31. The molecule has 0 radical (unpaired) electrons. The van der Waals surface area contributed by atoms with E-state index in [2.05, 4.69) is 5.32 Å². The van der Waals surface area contributed by atoms with Crippen molar-refractivity contribution in [2.75, 3.05) is 31.6 Å². The van der Waals surface area contributed by atoms with E-state index >= 15 is 0 Å². The predicted octanol–water partition coefficient (Wildman–Crippen LogP) is 3.22. The molecule has 2 aliphatic rings. The first-order chi connectivity index (χ1) is 14.7. The monoisotopic (exact) mass is 448 g/mol. The number of anilines is 1. The van der Waals surface area contributed by atoms with Crippen LogP contribution in [0.15, 0.2) is 41.3 Å². The van der Waals surface area contributed by atoms with E-state index in [0.29, 0.717) is 31.7 Å². The number of piperidine rings is 1. The molecular formula is C22H25FN2O5S. The second-order valence-corrected chi connectivity index (χ2v) is 9.84. The zero-order valence-electron chi connectivity index (χ0n) is 17.5. The molecule has 0 aromatic heterocycles. The number of amides is 1. The van der Waals surface area contributed by atoms with Gasteiger partial charge in [0.1, 0.15) is 5.82 Å². The van der Waals surface area contributed by atoms with Crippen molar-refractivity contribution in [3.05, 3.63) is 58.9 Å². The molecule has 2 aromatic carbocycles. The van der Waals surface area contributed by atoms with Crippen molar-refractivity contribution < 1.29 is 27.1 Å². The summed E-state index contributed by atoms with van der Waals surface area (Å²) >= 11 is 0. The van der Waals surface area contributed by atoms with Crippen molar-refractivity contribution in [2.24, 2.45) is 0 Å². The molecular weight excluding hydrogens is 423 g/mol. The first-order valence-corrected chi connectivity index (χ1v) is 11.6. The third-order valence-electron chi connectivity index (χ3n) is 5.88. The average molecular weight is 449 g/mol. The van der Waals surface area contributed by atoms with Gasteiger partial charge in [0.2, 0.25) is 10.0 Å². The van der Waals surface area contributed by atoms with Crippen LogP contribution in [0.5, 0.6) is 0 Å². The zero-order chi connectivity index (χ0) is 22.2. The molecule has 0 saturated carbocycles. The SMILES string of the molecule is Cc1ccc(NC(=O)c2cc(S(=O)(=O)N3CCC4(CC3)OCCO4)ccc2F)cc1C. The first-order valence-electron chi connectivity index (χ1n) is 10.2. The lowest BCUT2D eigenvalue weighted by molar-refractivity contribution is -0.179. The van der Waals surface area contributed by atoms with Crippen LogP contribution in [0.4, 0.5) is 10.1 Å². The number of hydrogen-bond acceptors (Lipinski definition) is 5. The van der Waals surface area contributed by atoms with Gasteiger partial charge in [-0.25, -0.2) is 12.8 Å². The molecule has 0 aliphatic carbocycles. The van der Waals surface area contributed by atoms with Gasteiger partial charge in [-0.3, -0.25) is 4.79 Å². The lowest BCUT2D eigenvalue weighted by Crippen LogP contribution is -2.47. The lowest BCUT2D eigenvalue weighted by Gasteiger charge is -2.36. The number of benzene rings is 2. The quantitative estimate of drug-likeness (QED) is 0.776. The fourth-order valence-corrected chi connectivity index (χ4v) is 5.33. The molecule has 2 fully saturated rings. The molecule has 9 heteroatoms. The minimum atomic E-state index is -3.89. The Morgan fingerprint density at radius 2 is 1.71 bits per heavy atom. The van der Waals surface area contributed by atoms with Gasteiger partial charge in [-0.15, -0.1) is 0 Å². The molecule has 0 atom stereocenters. The Morgan fingerprint density at radius 3 is 2.35 bits per heavy atom. The Labute approximate surface area is 181 Å². The summed E-state index contributed by atoms with van der Waals surface area (Å²) < 4.78 is 53.2. The van der Waals surface area contributed by atoms with E-state index in [1.807, 2.05) is 19.9 Å². The zero-order valence-corrected chi connectivity index (χ0v) is 18.3. The molecule has 31 heavy (non-hydrogen) atoms. The number of rotatable bonds is 4. The maximum atomic E-state index is 14.4. The van der Waals surface area contributed by atoms with Crippen LogP contribution in [0.25, 0.3) is 0 Å². The number of carbonyl (C=O) groups is 1. The number of ether oxygens (including phenoxy) is 2. The summed E-state index contributed by atoms with van der Waals surface area (Å²) in [6, 6.07) is 8.64. The van der Waals surface area contributed by atoms with Crippen molar-refractivity contribution in [1.82, 2.24) is 4.31 Å². The molecule has 166 valence electrons. The van der Waals surface area contributed by atoms with Crippen LogP contribution in [-0.2, 0) is 19.5 Å². The van der Waals surface area contributed by atoms with Gasteiger partial charge in [0.25, 0.3) is 5.91 Å². The summed E-state index contributed by atoms with van der Waals surface area (Å²) in [4.78, 5) is 12.5. The highest BCUT2D eigenvalue weighted by Gasteiger charge is 2.42. The van der Waals surface area contributed by atoms with Gasteiger partial charge in [0.15, 0.2) is 5.79 Å². The van der Waals surface area contributed by atoms with E-state index in [1.54, 1.807) is 12.1 Å². The van der Waals surface area contributed by atoms with Crippen LogP contribution < -0.4 is 5.32 Å². The molecule has 4 rings (SSSR count). The topological polar surface area (TPSA) is 84.9 Å². The van der Waals surface area contributed by atoms with Crippen LogP contribution in [0, 0.1) is 19.7 Å². The molecule has 2 heterocycles. The van der Waals surface area contributed by atoms with Crippen molar-refractivity contribution in [3.8, 4) is 0 Å². The number of nitrogens with zero attached hydrogens (tertiary/aromatic N) is 1. The molecule has 2 saturated heterocycles. The van der Waals surface area contributed by atoms with Crippen LogP contribution in [0.2, 0.25) is 0 Å². The molecule has 0 bridgehead atoms. The minimum absolute atomic E-state index is 0.122. The second kappa shape index (κ2) is 8.31. The van der Waals surface area contributed by atoms with Gasteiger partial charge in [-0.2, -0.15) is 4.31 Å². The second-order valence-electron chi connectivity index (χ2n) is 7.91. The first kappa shape index (κ1) is 21.9. The van der Waals surface area contributed by atoms with Crippen molar-refractivity contribution in [1.29, 1.82) is 0 Å². The van der Waals surface area contributed by atoms with Crippen LogP contribution in [0.1, 0.15) is 34.3 Å². The maximum Gasteiger partial charge on any atom is 0.258 e. The highest BCUT2D eigenvalue weighted by molar-refractivity contribution is 7.89. The smallest absolute Gasteiger partial charge is 0.258 e. The number of carbonyl (C=O) groups excluding carboxylic acids is 1. The van der Waals surface area contributed by atoms with Crippen molar-refractivity contribution in [3.63, 3.8) is 0 Å². The Bertz CT molecular complexity index is 1100. The summed E-state index contributed by atoms with van der Waals surface area (Å²) in [5.41, 5.74) is 2.23. The molecule has 7 nitrogen and oxygen atoms in total. The van der Waals surface area contributed by atoms with E-state index in [9.17, 15) is 17.6 Å². The Kier molecular flexibility index (Phi) is 5.87. The number of halogens is 1. The van der Waals surface area contributed by atoms with E-state index in [-0.39, 0.29) is 23.5 Å². The largest absolute Gasteiger partial charge is 0.347 e. The van der Waals surface area contributed by atoms with Crippen molar-refractivity contribution in [2.45, 2.75) is 37.4 Å². The minimum Gasteiger partial charge on any atom is -0.347 e. The van der Waals surface area contributed by atoms with Crippen LogP contribution in [0.3, 0.4) is 0 Å². The Morgan fingerprint density at radius 1 is 1.03 bits per heavy atom. The van der Waals surface area contributed by atoms with Gasteiger partial charge in [-0.1, -0.05) is 6.07 Å². The van der Waals surface area contributed by atoms with Crippen LogP contribution >= 0.6 is 0 Å². The molecule has 1 amide bonds. The van der Waals surface area contributed by atoms with Gasteiger partial charge in [-0.05, 0) is 55.3 Å². The van der Waals surface area contributed by atoms with E-state index in [4.69, 9.17) is 9.47 Å². The summed E-state index contributed by atoms with van der Waals surface area (Å²) in [5.74, 6) is -2.19. The highest BCUT2D eigenvalue weighted by atomic mass is 32.2. The van der Waals surface area contributed by atoms with Crippen LogP contribution in [-0.4, -0.2) is 50.7 Å². The van der Waals surface area contributed by atoms with Gasteiger partial charge >= 0.3 is 0 Å². The molecule has 2 aliphatic heterocycles. The van der Waals surface area contributed by atoms with E-state index in [1.165, 1.54) is 10.4 Å². The number of hydrogen-bond donors (Lipinski definition) is 1. The van der Waals surface area contributed by atoms with E-state index in [0.717, 1.165) is 23.3 Å². The average Bonchev–Trinajstić information content (AvgIpc) is 3.19. The predicted molar refractivity (Wildman–Crippen MR) is 113 cm³/mol. The van der Waals surface area contributed by atoms with Crippen molar-refractivity contribution >= 4 is 21.6 Å². The fraction of sp³-hybridized carbons (Fsp3) is 0.409. The molecule has 1 spiro atoms. The lowest BCUT2D eigenvalue weighted by atomic mass is 10.1. The van der Waals surface area contributed by atoms with Gasteiger partial charge < -0.3 is 14.8 Å². The third kappa shape index (κ3) is 4.36. The summed E-state index contributed by atoms with van der Waals surface area (Å²) in [7, 11) is -3.89. The maximum absolute atomic E-state index is 14.4. The fourth-order valence-electron chi connectivity index (χ4n) is 3.86. The summed E-state index contributed by atoms with van der Waals surface area (Å²) in [5, 5.41) is 2.64. The normalized spacial score (nSPS) is 18.9. The van der Waals surface area contributed by atoms with Gasteiger partial charge in [0, 0.05) is 31.6 Å². The molecule has 0 unspecified atom stereocenters. The molecule has 1 N–H and O–H groups in total. The number of nitrogens with one attached hydrogen (secondary N) is 1. The Balaban J connectivity index is 1.53. The third-order valence-corrected chi connectivity index (χ3v) is 7.78. The van der Waals surface area contributed by atoms with Gasteiger partial charge in [0.05, 0.1) is 23.7 Å². The number of sulfonamides is 1. The highest BCUT2D eigenvalue weighted by Crippen LogP contribution is 2.33. The molecule has 2 aromatic rings. The number of aryl methyl sites for hydroxylation is 2. The Hall–Kier alpha value is -2.33. The summed E-state index contributed by atoms with van der Waals surface area (Å²) in [6.07, 6.45) is 0.848.